The summed E-state index contributed by atoms with van der Waals surface area (Å²) in [5.41, 5.74) is 4.46. The quantitative estimate of drug-likeness (QED) is 0.471. The molecule has 0 saturated carbocycles. The topological polar surface area (TPSA) is 0 Å². The Morgan fingerprint density at radius 1 is 0.950 bits per heavy atom. The Morgan fingerprint density at radius 3 is 2.35 bits per heavy atom. The van der Waals surface area contributed by atoms with Gasteiger partial charge >= 0.3 is 0 Å². The van der Waals surface area contributed by atoms with E-state index in [2.05, 4.69) is 65.0 Å². The van der Waals surface area contributed by atoms with Crippen LogP contribution in [0.25, 0.3) is 0 Å². The molecular weight excluding hydrogens is 240 g/mol. The smallest absolute Gasteiger partial charge is 0.0161 e. The zero-order valence-electron chi connectivity index (χ0n) is 14.1. The monoisotopic (exact) mass is 272 g/mol. The summed E-state index contributed by atoms with van der Waals surface area (Å²) >= 11 is 0. The fourth-order valence-electron chi connectivity index (χ4n) is 2.59. The van der Waals surface area contributed by atoms with Crippen LogP contribution in [0.1, 0.15) is 66.7 Å². The van der Waals surface area contributed by atoms with Gasteiger partial charge in [-0.15, -0.1) is 0 Å². The number of rotatable bonds is 1. The molecule has 1 aliphatic carbocycles. The van der Waals surface area contributed by atoms with E-state index in [1.807, 2.05) is 0 Å². The van der Waals surface area contributed by atoms with Crippen molar-refractivity contribution in [3.8, 4) is 0 Å². The van der Waals surface area contributed by atoms with Crippen LogP contribution in [-0.4, -0.2) is 0 Å². The standard InChI is InChI=1S/C20H32/c1-16(2)20-14-12-18(4)10-6-8-17(3)9-7-11-19(5)13-15-20/h8,10-12,14,16,20H,6-7,9,13,15H2,1-5H3/b14-12-,17-8+,18-10+,19-11+/t20-/m1/s1. The maximum atomic E-state index is 2.44. The molecule has 0 heterocycles. The lowest BCUT2D eigenvalue weighted by atomic mass is 9.88. The van der Waals surface area contributed by atoms with Crippen LogP contribution in [0.2, 0.25) is 0 Å². The van der Waals surface area contributed by atoms with Gasteiger partial charge < -0.3 is 0 Å². The third-order valence-corrected chi connectivity index (χ3v) is 4.27. The average molecular weight is 272 g/mol. The van der Waals surface area contributed by atoms with Gasteiger partial charge in [0.25, 0.3) is 0 Å². The molecule has 20 heavy (non-hydrogen) atoms. The largest absolute Gasteiger partial charge is 0.0853 e. The van der Waals surface area contributed by atoms with E-state index in [4.69, 9.17) is 0 Å². The van der Waals surface area contributed by atoms with Crippen LogP contribution < -0.4 is 0 Å². The second kappa shape index (κ2) is 9.00. The molecule has 1 aliphatic rings. The highest BCUT2D eigenvalue weighted by molar-refractivity contribution is 5.19. The van der Waals surface area contributed by atoms with Crippen molar-refractivity contribution in [2.45, 2.75) is 66.7 Å². The van der Waals surface area contributed by atoms with Crippen molar-refractivity contribution < 1.29 is 0 Å². The minimum atomic E-state index is 0.696. The first-order chi connectivity index (χ1) is 9.49. The Bertz CT molecular complexity index is 402. The van der Waals surface area contributed by atoms with E-state index in [1.54, 1.807) is 5.57 Å². The maximum absolute atomic E-state index is 2.44. The van der Waals surface area contributed by atoms with Crippen molar-refractivity contribution in [1.82, 2.24) is 0 Å². The van der Waals surface area contributed by atoms with Gasteiger partial charge in [-0.05, 0) is 64.7 Å². The molecule has 0 fully saturated rings. The molecular formula is C20H32. The van der Waals surface area contributed by atoms with Crippen LogP contribution in [-0.2, 0) is 0 Å². The molecule has 0 aromatic rings. The van der Waals surface area contributed by atoms with Crippen LogP contribution in [0.3, 0.4) is 0 Å². The number of hydrogen-bond acceptors (Lipinski definition) is 0. The summed E-state index contributed by atoms with van der Waals surface area (Å²) in [6.07, 6.45) is 17.9. The first-order valence-electron chi connectivity index (χ1n) is 8.15. The van der Waals surface area contributed by atoms with Crippen LogP contribution >= 0.6 is 0 Å². The number of hydrogen-bond donors (Lipinski definition) is 0. The molecule has 0 spiro atoms. The molecule has 0 N–H and O–H groups in total. The van der Waals surface area contributed by atoms with E-state index >= 15 is 0 Å². The molecule has 0 nitrogen and oxygen atoms in total. The van der Waals surface area contributed by atoms with Crippen LogP contribution in [0.15, 0.2) is 47.1 Å². The predicted octanol–water partition coefficient (Wildman–Crippen LogP) is 6.62. The van der Waals surface area contributed by atoms with Crippen LogP contribution in [0.4, 0.5) is 0 Å². The second-order valence-electron chi connectivity index (χ2n) is 6.63. The van der Waals surface area contributed by atoms with Gasteiger partial charge in [-0.3, -0.25) is 0 Å². The lowest BCUT2D eigenvalue weighted by molar-refractivity contribution is 0.435. The summed E-state index contributed by atoms with van der Waals surface area (Å²) in [6, 6.07) is 0. The van der Waals surface area contributed by atoms with Crippen molar-refractivity contribution >= 4 is 0 Å². The summed E-state index contributed by atoms with van der Waals surface area (Å²) in [7, 11) is 0. The van der Waals surface area contributed by atoms with E-state index in [0.29, 0.717) is 5.92 Å². The van der Waals surface area contributed by atoms with E-state index in [0.717, 1.165) is 12.3 Å². The molecule has 0 bridgehead atoms. The van der Waals surface area contributed by atoms with E-state index < -0.39 is 0 Å². The molecule has 0 amide bonds. The van der Waals surface area contributed by atoms with Crippen molar-refractivity contribution in [2.24, 2.45) is 11.8 Å². The van der Waals surface area contributed by atoms with E-state index in [9.17, 15) is 0 Å². The summed E-state index contributed by atoms with van der Waals surface area (Å²) in [5.74, 6) is 1.42. The minimum Gasteiger partial charge on any atom is -0.0853 e. The lowest BCUT2D eigenvalue weighted by Gasteiger charge is -2.17. The number of allylic oxidation sites excluding steroid dienone is 8. The highest BCUT2D eigenvalue weighted by atomic mass is 14.1. The normalized spacial score (nSPS) is 32.3. The maximum Gasteiger partial charge on any atom is -0.0161 e. The fourth-order valence-corrected chi connectivity index (χ4v) is 2.59. The molecule has 0 unspecified atom stereocenters. The van der Waals surface area contributed by atoms with Crippen LogP contribution in [0.5, 0.6) is 0 Å². The van der Waals surface area contributed by atoms with Gasteiger partial charge in [0.15, 0.2) is 0 Å². The Morgan fingerprint density at radius 2 is 1.65 bits per heavy atom. The van der Waals surface area contributed by atoms with Gasteiger partial charge in [0.2, 0.25) is 0 Å². The van der Waals surface area contributed by atoms with Gasteiger partial charge in [-0.25, -0.2) is 0 Å². The van der Waals surface area contributed by atoms with Crippen molar-refractivity contribution in [3.63, 3.8) is 0 Å². The van der Waals surface area contributed by atoms with Crippen molar-refractivity contribution in [1.29, 1.82) is 0 Å². The summed E-state index contributed by atoms with van der Waals surface area (Å²) in [6.45, 7) is 11.4. The molecule has 1 atom stereocenters. The first-order valence-corrected chi connectivity index (χ1v) is 8.15. The summed E-state index contributed by atoms with van der Waals surface area (Å²) < 4.78 is 0. The first kappa shape index (κ1) is 17.0. The zero-order chi connectivity index (χ0) is 15.0. The van der Waals surface area contributed by atoms with Crippen molar-refractivity contribution in [2.75, 3.05) is 0 Å². The van der Waals surface area contributed by atoms with Gasteiger partial charge in [0.1, 0.15) is 0 Å². The Hall–Kier alpha value is -1.04. The predicted molar refractivity (Wildman–Crippen MR) is 91.8 cm³/mol. The molecule has 0 aromatic carbocycles. The zero-order valence-corrected chi connectivity index (χ0v) is 14.1. The molecule has 0 aliphatic heterocycles. The third-order valence-electron chi connectivity index (χ3n) is 4.27. The SMILES string of the molecule is CC1=C\C/C=C(\C)CC/C=C(\C)CC[C@H](C(C)C)/C=C\1. The van der Waals surface area contributed by atoms with Gasteiger partial charge in [0, 0.05) is 0 Å². The van der Waals surface area contributed by atoms with Crippen molar-refractivity contribution in [3.05, 3.63) is 47.1 Å². The molecule has 0 saturated heterocycles. The summed E-state index contributed by atoms with van der Waals surface area (Å²) in [5, 5.41) is 0. The average Bonchev–Trinajstić information content (AvgIpc) is 2.37. The van der Waals surface area contributed by atoms with Gasteiger partial charge in [-0.1, -0.05) is 60.9 Å². The lowest BCUT2D eigenvalue weighted by Crippen LogP contribution is -2.05. The third kappa shape index (κ3) is 6.93. The molecule has 0 heteroatoms. The molecule has 1 rings (SSSR count). The van der Waals surface area contributed by atoms with E-state index in [-0.39, 0.29) is 0 Å². The molecule has 112 valence electrons. The van der Waals surface area contributed by atoms with Gasteiger partial charge in [-0.2, -0.15) is 0 Å². The highest BCUT2D eigenvalue weighted by Gasteiger charge is 2.09. The van der Waals surface area contributed by atoms with Crippen LogP contribution in [0, 0.1) is 11.8 Å². The van der Waals surface area contributed by atoms with Gasteiger partial charge in [0.05, 0.1) is 0 Å². The molecule has 0 aromatic heterocycles. The minimum absolute atomic E-state index is 0.696. The van der Waals surface area contributed by atoms with E-state index in [1.165, 1.54) is 36.8 Å². The summed E-state index contributed by atoms with van der Waals surface area (Å²) in [4.78, 5) is 0. The Balaban J connectivity index is 2.85. The second-order valence-corrected chi connectivity index (χ2v) is 6.63. The Labute approximate surface area is 126 Å². The highest BCUT2D eigenvalue weighted by Crippen LogP contribution is 2.23. The Kier molecular flexibility index (Phi) is 7.65. The fraction of sp³-hybridized carbons (Fsp3) is 0.600. The molecule has 0 radical (unpaired) electrons.